The molecule has 0 atom stereocenters. The van der Waals surface area contributed by atoms with Crippen molar-refractivity contribution in [1.82, 2.24) is 5.43 Å². The van der Waals surface area contributed by atoms with Crippen molar-refractivity contribution < 1.29 is 24.0 Å². The predicted octanol–water partition coefficient (Wildman–Crippen LogP) is 5.95. The molecule has 200 valence electrons. The topological polar surface area (TPSA) is 132 Å². The first-order chi connectivity index (χ1) is 18.7. The van der Waals surface area contributed by atoms with E-state index in [1.54, 1.807) is 43.3 Å². The van der Waals surface area contributed by atoms with Crippen LogP contribution in [0.2, 0.25) is 5.02 Å². The number of nitrogens with zero attached hydrogens (tertiary/aromatic N) is 2. The Labute approximate surface area is 232 Å². The van der Waals surface area contributed by atoms with Gasteiger partial charge in [0.1, 0.15) is 0 Å². The van der Waals surface area contributed by atoms with Gasteiger partial charge in [0.05, 0.1) is 27.6 Å². The largest absolute Gasteiger partial charge is 0.490 e. The van der Waals surface area contributed by atoms with Gasteiger partial charge in [-0.15, -0.1) is 11.3 Å². The molecular formula is C27H23ClN4O6S. The van der Waals surface area contributed by atoms with Gasteiger partial charge in [0.25, 0.3) is 17.5 Å². The van der Waals surface area contributed by atoms with Crippen LogP contribution in [0.4, 0.5) is 11.4 Å². The number of aryl methyl sites for hydroxylation is 1. The third-order valence-electron chi connectivity index (χ3n) is 5.33. The van der Waals surface area contributed by atoms with Crippen molar-refractivity contribution in [2.45, 2.75) is 13.8 Å². The number of rotatable bonds is 10. The summed E-state index contributed by atoms with van der Waals surface area (Å²) in [5.41, 5.74) is 4.63. The van der Waals surface area contributed by atoms with Gasteiger partial charge in [0.15, 0.2) is 18.1 Å². The lowest BCUT2D eigenvalue weighted by Gasteiger charge is -2.14. The van der Waals surface area contributed by atoms with E-state index in [1.807, 2.05) is 19.1 Å². The van der Waals surface area contributed by atoms with E-state index in [4.69, 9.17) is 21.1 Å². The molecule has 0 radical (unpaired) electrons. The zero-order chi connectivity index (χ0) is 27.9. The number of nitro groups is 1. The maximum atomic E-state index is 12.6. The second-order valence-electron chi connectivity index (χ2n) is 8.25. The molecule has 0 unspecified atom stereocenters. The van der Waals surface area contributed by atoms with Gasteiger partial charge in [-0.05, 0) is 55.8 Å². The summed E-state index contributed by atoms with van der Waals surface area (Å²) < 4.78 is 12.0. The summed E-state index contributed by atoms with van der Waals surface area (Å²) in [5.74, 6) is -0.308. The number of carbonyl (C=O) groups is 2. The Hall–Kier alpha value is -4.48. The number of thiophene rings is 1. The first-order valence-corrected chi connectivity index (χ1v) is 12.9. The fourth-order valence-corrected chi connectivity index (χ4v) is 4.72. The number of hydrogen-bond donors (Lipinski definition) is 2. The maximum Gasteiger partial charge on any atom is 0.281 e. The van der Waals surface area contributed by atoms with Crippen molar-refractivity contribution in [2.75, 3.05) is 18.5 Å². The van der Waals surface area contributed by atoms with Gasteiger partial charge in [-0.25, -0.2) is 5.43 Å². The number of fused-ring (bicyclic) bond motifs is 1. The second-order valence-corrected chi connectivity index (χ2v) is 9.75. The summed E-state index contributed by atoms with van der Waals surface area (Å²) in [6.07, 6.45) is 1.39. The van der Waals surface area contributed by atoms with Crippen LogP contribution in [-0.4, -0.2) is 36.2 Å². The molecule has 10 nitrogen and oxygen atoms in total. The summed E-state index contributed by atoms with van der Waals surface area (Å²) in [6.45, 7) is 3.79. The first kappa shape index (κ1) is 27.6. The zero-order valence-electron chi connectivity index (χ0n) is 20.9. The van der Waals surface area contributed by atoms with E-state index in [0.717, 1.165) is 10.3 Å². The number of nitrogens with one attached hydrogen (secondary N) is 2. The van der Waals surface area contributed by atoms with E-state index in [1.165, 1.54) is 29.7 Å². The maximum absolute atomic E-state index is 12.6. The van der Waals surface area contributed by atoms with Crippen molar-refractivity contribution in [1.29, 1.82) is 0 Å². The molecule has 0 aliphatic heterocycles. The van der Waals surface area contributed by atoms with Crippen LogP contribution in [0, 0.1) is 17.0 Å². The molecule has 3 aromatic carbocycles. The number of carbonyl (C=O) groups excluding carboxylic acids is 2. The Morgan fingerprint density at radius 1 is 1.10 bits per heavy atom. The van der Waals surface area contributed by atoms with Gasteiger partial charge in [-0.1, -0.05) is 29.3 Å². The molecule has 2 amide bonds. The van der Waals surface area contributed by atoms with Gasteiger partial charge in [0.2, 0.25) is 0 Å². The molecule has 0 aliphatic rings. The Kier molecular flexibility index (Phi) is 8.74. The van der Waals surface area contributed by atoms with Crippen molar-refractivity contribution in [3.63, 3.8) is 0 Å². The van der Waals surface area contributed by atoms with Crippen LogP contribution in [0.15, 0.2) is 65.8 Å². The standard InChI is InChI=1S/C27H23ClN4O6S/c1-3-37-22-11-17(10-21(28)26(22)38-15-25(33)30-19-6-4-16(2)5-7-19)14-29-31-27(34)24-13-18-12-20(32(35)36)8-9-23(18)39-24/h4-14H,3,15H2,1-2H3,(H,30,33)(H,31,34)/b29-14-. The SMILES string of the molecule is CCOc1cc(/C=N\NC(=O)c2cc3cc([N+](=O)[O-])ccc3s2)cc(Cl)c1OCC(=O)Nc1ccc(C)cc1. The molecule has 0 bridgehead atoms. The monoisotopic (exact) mass is 566 g/mol. The van der Waals surface area contributed by atoms with Crippen molar-refractivity contribution >= 4 is 62.4 Å². The van der Waals surface area contributed by atoms with Gasteiger partial charge < -0.3 is 14.8 Å². The van der Waals surface area contributed by atoms with Crippen molar-refractivity contribution in [2.24, 2.45) is 5.10 Å². The molecule has 1 aromatic heterocycles. The van der Waals surface area contributed by atoms with Crippen LogP contribution in [0.3, 0.4) is 0 Å². The molecule has 0 spiro atoms. The number of anilines is 1. The highest BCUT2D eigenvalue weighted by molar-refractivity contribution is 7.20. The number of hydrogen-bond acceptors (Lipinski definition) is 8. The third-order valence-corrected chi connectivity index (χ3v) is 6.72. The summed E-state index contributed by atoms with van der Waals surface area (Å²) >= 11 is 7.61. The average Bonchev–Trinajstić information content (AvgIpc) is 3.33. The molecular weight excluding hydrogens is 544 g/mol. The number of amides is 2. The molecule has 39 heavy (non-hydrogen) atoms. The van der Waals surface area contributed by atoms with Gasteiger partial charge in [-0.3, -0.25) is 19.7 Å². The van der Waals surface area contributed by atoms with Gasteiger partial charge in [-0.2, -0.15) is 5.10 Å². The van der Waals surface area contributed by atoms with E-state index < -0.39 is 10.8 Å². The Morgan fingerprint density at radius 2 is 1.87 bits per heavy atom. The van der Waals surface area contributed by atoms with Crippen LogP contribution >= 0.6 is 22.9 Å². The molecule has 4 rings (SSSR count). The molecule has 0 fully saturated rings. The summed E-state index contributed by atoms with van der Waals surface area (Å²) in [5, 5.41) is 18.5. The highest BCUT2D eigenvalue weighted by atomic mass is 35.5. The summed E-state index contributed by atoms with van der Waals surface area (Å²) in [6, 6.07) is 16.5. The minimum absolute atomic E-state index is 0.0495. The Balaban J connectivity index is 1.41. The van der Waals surface area contributed by atoms with E-state index >= 15 is 0 Å². The lowest BCUT2D eigenvalue weighted by molar-refractivity contribution is -0.384. The summed E-state index contributed by atoms with van der Waals surface area (Å²) in [4.78, 5) is 35.7. The van der Waals surface area contributed by atoms with E-state index in [-0.39, 0.29) is 29.0 Å². The van der Waals surface area contributed by atoms with Crippen LogP contribution in [0.25, 0.3) is 10.1 Å². The van der Waals surface area contributed by atoms with Crippen molar-refractivity contribution in [3.8, 4) is 11.5 Å². The predicted molar refractivity (Wildman–Crippen MR) is 151 cm³/mol. The second kappa shape index (κ2) is 12.4. The van der Waals surface area contributed by atoms with Gasteiger partial charge >= 0.3 is 0 Å². The van der Waals surface area contributed by atoms with Crippen LogP contribution in [-0.2, 0) is 4.79 Å². The minimum atomic E-state index is -0.487. The fraction of sp³-hybridized carbons (Fsp3) is 0.148. The molecule has 1 heterocycles. The average molecular weight is 567 g/mol. The number of hydrazone groups is 1. The van der Waals surface area contributed by atoms with E-state index in [2.05, 4.69) is 15.8 Å². The highest BCUT2D eigenvalue weighted by Crippen LogP contribution is 2.36. The third kappa shape index (κ3) is 7.09. The summed E-state index contributed by atoms with van der Waals surface area (Å²) in [7, 11) is 0. The number of non-ortho nitro benzene ring substituents is 1. The zero-order valence-corrected chi connectivity index (χ0v) is 22.5. The quantitative estimate of drug-likeness (QED) is 0.138. The van der Waals surface area contributed by atoms with E-state index in [9.17, 15) is 19.7 Å². The molecule has 12 heteroatoms. The smallest absolute Gasteiger partial charge is 0.281 e. The molecule has 4 aromatic rings. The molecule has 0 saturated heterocycles. The Bertz CT molecular complexity index is 1570. The highest BCUT2D eigenvalue weighted by Gasteiger charge is 2.15. The van der Waals surface area contributed by atoms with Gasteiger partial charge in [0, 0.05) is 27.9 Å². The van der Waals surface area contributed by atoms with Crippen LogP contribution in [0.5, 0.6) is 11.5 Å². The fourth-order valence-electron chi connectivity index (χ4n) is 3.51. The normalized spacial score (nSPS) is 10.9. The number of nitro benzene ring substituents is 1. The minimum Gasteiger partial charge on any atom is -0.490 e. The van der Waals surface area contributed by atoms with Crippen LogP contribution in [0.1, 0.15) is 27.7 Å². The molecule has 0 saturated carbocycles. The Morgan fingerprint density at radius 3 is 2.59 bits per heavy atom. The number of halogens is 1. The number of ether oxygens (including phenoxy) is 2. The number of benzene rings is 3. The lowest BCUT2D eigenvalue weighted by atomic mass is 10.2. The molecule has 2 N–H and O–H groups in total. The van der Waals surface area contributed by atoms with Crippen LogP contribution < -0.4 is 20.2 Å². The first-order valence-electron chi connectivity index (χ1n) is 11.7. The van der Waals surface area contributed by atoms with E-state index in [0.29, 0.717) is 33.9 Å². The lowest BCUT2D eigenvalue weighted by Crippen LogP contribution is -2.20. The molecule has 0 aliphatic carbocycles. The van der Waals surface area contributed by atoms with Crippen molar-refractivity contribution in [3.05, 3.63) is 91.8 Å².